The van der Waals surface area contributed by atoms with Crippen LogP contribution in [0.25, 0.3) is 0 Å². The van der Waals surface area contributed by atoms with Gasteiger partial charge in [-0.05, 0) is 26.7 Å². The maximum Gasteiger partial charge on any atom is 0.323 e. The minimum Gasteiger partial charge on any atom is -0.465 e. The van der Waals surface area contributed by atoms with Gasteiger partial charge in [-0.15, -0.1) is 11.6 Å². The lowest BCUT2D eigenvalue weighted by Crippen LogP contribution is -2.15. The Kier molecular flexibility index (Phi) is 8.14. The first kappa shape index (κ1) is 12.7. The standard InChI is InChI=1S/C9H17ClO3/c1-3-12-6-4-5-7-13-9(11)8(2)10/h8H,3-7H2,1-2H3. The van der Waals surface area contributed by atoms with Crippen LogP contribution in [-0.2, 0) is 14.3 Å². The number of carbonyl (C=O) groups is 1. The number of hydrogen-bond donors (Lipinski definition) is 0. The van der Waals surface area contributed by atoms with Crippen molar-refractivity contribution in [1.82, 2.24) is 0 Å². The summed E-state index contributed by atoms with van der Waals surface area (Å²) in [5.41, 5.74) is 0. The highest BCUT2D eigenvalue weighted by atomic mass is 35.5. The third-order valence-electron chi connectivity index (χ3n) is 1.46. The fourth-order valence-corrected chi connectivity index (χ4v) is 0.801. The molecule has 0 aliphatic carbocycles. The fraction of sp³-hybridized carbons (Fsp3) is 0.889. The van der Waals surface area contributed by atoms with Gasteiger partial charge in [-0.1, -0.05) is 0 Å². The molecule has 4 heteroatoms. The van der Waals surface area contributed by atoms with Crippen LogP contribution in [-0.4, -0.2) is 31.2 Å². The molecule has 0 saturated carbocycles. The van der Waals surface area contributed by atoms with Crippen molar-refractivity contribution in [3.05, 3.63) is 0 Å². The number of esters is 1. The van der Waals surface area contributed by atoms with Crippen molar-refractivity contribution in [2.75, 3.05) is 19.8 Å². The zero-order valence-electron chi connectivity index (χ0n) is 8.22. The molecule has 1 unspecified atom stereocenters. The summed E-state index contributed by atoms with van der Waals surface area (Å²) in [5, 5.41) is -0.549. The Bertz CT molecular complexity index is 137. The highest BCUT2D eigenvalue weighted by Crippen LogP contribution is 1.98. The molecule has 0 heterocycles. The van der Waals surface area contributed by atoms with Crippen LogP contribution < -0.4 is 0 Å². The monoisotopic (exact) mass is 208 g/mol. The first-order valence-electron chi connectivity index (χ1n) is 4.57. The van der Waals surface area contributed by atoms with Crippen molar-refractivity contribution in [2.45, 2.75) is 32.1 Å². The van der Waals surface area contributed by atoms with Crippen molar-refractivity contribution in [2.24, 2.45) is 0 Å². The lowest BCUT2D eigenvalue weighted by molar-refractivity contribution is -0.143. The van der Waals surface area contributed by atoms with E-state index >= 15 is 0 Å². The molecule has 0 spiro atoms. The normalized spacial score (nSPS) is 12.5. The van der Waals surface area contributed by atoms with Crippen LogP contribution in [0, 0.1) is 0 Å². The maximum absolute atomic E-state index is 10.8. The SMILES string of the molecule is CCOCCCCOC(=O)C(C)Cl. The minimum atomic E-state index is -0.549. The lowest BCUT2D eigenvalue weighted by atomic mass is 10.3. The molecule has 0 aromatic carbocycles. The van der Waals surface area contributed by atoms with E-state index in [1.165, 1.54) is 0 Å². The molecular formula is C9H17ClO3. The molecule has 0 amide bonds. The molecule has 3 nitrogen and oxygen atoms in total. The Morgan fingerprint density at radius 1 is 1.38 bits per heavy atom. The van der Waals surface area contributed by atoms with E-state index in [1.54, 1.807) is 6.92 Å². The minimum absolute atomic E-state index is 0.349. The van der Waals surface area contributed by atoms with Gasteiger partial charge in [0.2, 0.25) is 0 Å². The Morgan fingerprint density at radius 2 is 2.00 bits per heavy atom. The summed E-state index contributed by atoms with van der Waals surface area (Å²) in [4.78, 5) is 10.8. The van der Waals surface area contributed by atoms with E-state index < -0.39 is 5.38 Å². The second kappa shape index (κ2) is 8.32. The van der Waals surface area contributed by atoms with Gasteiger partial charge in [0.25, 0.3) is 0 Å². The molecule has 0 radical (unpaired) electrons. The Hall–Kier alpha value is -0.280. The smallest absolute Gasteiger partial charge is 0.323 e. The summed E-state index contributed by atoms with van der Waals surface area (Å²) < 4.78 is 9.98. The van der Waals surface area contributed by atoms with E-state index in [1.807, 2.05) is 6.92 Å². The van der Waals surface area contributed by atoms with Gasteiger partial charge in [-0.2, -0.15) is 0 Å². The predicted molar refractivity (Wildman–Crippen MR) is 52.0 cm³/mol. The van der Waals surface area contributed by atoms with Gasteiger partial charge in [-0.25, -0.2) is 0 Å². The number of unbranched alkanes of at least 4 members (excludes halogenated alkanes) is 1. The van der Waals surface area contributed by atoms with Crippen LogP contribution in [0.4, 0.5) is 0 Å². The predicted octanol–water partition coefficient (Wildman–Crippen LogP) is 1.97. The zero-order valence-corrected chi connectivity index (χ0v) is 8.97. The van der Waals surface area contributed by atoms with Crippen LogP contribution in [0.3, 0.4) is 0 Å². The van der Waals surface area contributed by atoms with Crippen molar-refractivity contribution < 1.29 is 14.3 Å². The molecule has 13 heavy (non-hydrogen) atoms. The summed E-state index contributed by atoms with van der Waals surface area (Å²) in [6, 6.07) is 0. The zero-order chi connectivity index (χ0) is 10.1. The third-order valence-corrected chi connectivity index (χ3v) is 1.63. The highest BCUT2D eigenvalue weighted by molar-refractivity contribution is 6.29. The van der Waals surface area contributed by atoms with Gasteiger partial charge >= 0.3 is 5.97 Å². The molecule has 0 saturated heterocycles. The summed E-state index contributed by atoms with van der Waals surface area (Å²) in [5.74, 6) is -0.349. The summed E-state index contributed by atoms with van der Waals surface area (Å²) in [6.45, 7) is 5.45. The van der Waals surface area contributed by atoms with Crippen LogP contribution in [0.1, 0.15) is 26.7 Å². The van der Waals surface area contributed by atoms with Crippen molar-refractivity contribution in [3.63, 3.8) is 0 Å². The maximum atomic E-state index is 10.8. The van der Waals surface area contributed by atoms with Gasteiger partial charge in [-0.3, -0.25) is 4.79 Å². The molecule has 0 aliphatic rings. The van der Waals surface area contributed by atoms with Gasteiger partial charge in [0, 0.05) is 13.2 Å². The highest BCUT2D eigenvalue weighted by Gasteiger charge is 2.09. The average Bonchev–Trinajstić information content (AvgIpc) is 2.10. The van der Waals surface area contributed by atoms with Gasteiger partial charge in [0.05, 0.1) is 6.61 Å². The topological polar surface area (TPSA) is 35.5 Å². The molecule has 1 atom stereocenters. The number of ether oxygens (including phenoxy) is 2. The van der Waals surface area contributed by atoms with E-state index in [4.69, 9.17) is 21.1 Å². The molecule has 78 valence electrons. The van der Waals surface area contributed by atoms with E-state index in [2.05, 4.69) is 0 Å². The number of alkyl halides is 1. The van der Waals surface area contributed by atoms with Crippen molar-refractivity contribution >= 4 is 17.6 Å². The van der Waals surface area contributed by atoms with E-state index in [-0.39, 0.29) is 5.97 Å². The van der Waals surface area contributed by atoms with Crippen LogP contribution in [0.5, 0.6) is 0 Å². The molecule has 0 bridgehead atoms. The van der Waals surface area contributed by atoms with E-state index in [9.17, 15) is 4.79 Å². The second-order valence-electron chi connectivity index (χ2n) is 2.69. The molecule has 0 rings (SSSR count). The molecular weight excluding hydrogens is 192 g/mol. The molecule has 0 aliphatic heterocycles. The van der Waals surface area contributed by atoms with E-state index in [0.29, 0.717) is 6.61 Å². The Labute approximate surface area is 84.4 Å². The van der Waals surface area contributed by atoms with Gasteiger partial charge in [0.15, 0.2) is 0 Å². The van der Waals surface area contributed by atoms with Crippen LogP contribution in [0.2, 0.25) is 0 Å². The fourth-order valence-electron chi connectivity index (χ4n) is 0.738. The van der Waals surface area contributed by atoms with E-state index in [0.717, 1.165) is 26.1 Å². The molecule has 0 aromatic heterocycles. The number of hydrogen-bond acceptors (Lipinski definition) is 3. The quantitative estimate of drug-likeness (QED) is 0.365. The first-order chi connectivity index (χ1) is 6.18. The van der Waals surface area contributed by atoms with Crippen LogP contribution in [0.15, 0.2) is 0 Å². The van der Waals surface area contributed by atoms with Crippen LogP contribution >= 0.6 is 11.6 Å². The molecule has 0 fully saturated rings. The lowest BCUT2D eigenvalue weighted by Gasteiger charge is -2.05. The second-order valence-corrected chi connectivity index (χ2v) is 3.34. The Morgan fingerprint density at radius 3 is 2.54 bits per heavy atom. The molecule has 0 aromatic rings. The van der Waals surface area contributed by atoms with Gasteiger partial charge in [0.1, 0.15) is 5.38 Å². The summed E-state index contributed by atoms with van der Waals surface area (Å²) >= 11 is 5.49. The van der Waals surface area contributed by atoms with Crippen molar-refractivity contribution in [1.29, 1.82) is 0 Å². The summed E-state index contributed by atoms with van der Waals surface area (Å²) in [6.07, 6.45) is 1.74. The Balaban J connectivity index is 3.12. The first-order valence-corrected chi connectivity index (χ1v) is 5.00. The third kappa shape index (κ3) is 8.06. The van der Waals surface area contributed by atoms with Gasteiger partial charge < -0.3 is 9.47 Å². The number of halogens is 1. The molecule has 0 N–H and O–H groups in total. The largest absolute Gasteiger partial charge is 0.465 e. The number of rotatable bonds is 7. The van der Waals surface area contributed by atoms with Crippen molar-refractivity contribution in [3.8, 4) is 0 Å². The summed E-state index contributed by atoms with van der Waals surface area (Å²) in [7, 11) is 0. The number of carbonyl (C=O) groups excluding carboxylic acids is 1. The average molecular weight is 209 g/mol.